The van der Waals surface area contributed by atoms with Gasteiger partial charge in [0.2, 0.25) is 0 Å². The van der Waals surface area contributed by atoms with Gasteiger partial charge in [-0.3, -0.25) is 4.79 Å². The van der Waals surface area contributed by atoms with Crippen LogP contribution in [0.15, 0.2) is 12.1 Å². The van der Waals surface area contributed by atoms with Gasteiger partial charge in [0.1, 0.15) is 0 Å². The van der Waals surface area contributed by atoms with E-state index in [9.17, 15) is 4.79 Å². The zero-order valence-electron chi connectivity index (χ0n) is 14.2. The first-order chi connectivity index (χ1) is 10.9. The van der Waals surface area contributed by atoms with E-state index in [1.54, 1.807) is 0 Å². The van der Waals surface area contributed by atoms with Gasteiger partial charge in [0, 0.05) is 6.54 Å². The molecule has 0 bridgehead atoms. The number of nitrogens with one attached hydrogen (secondary N) is 1. The van der Waals surface area contributed by atoms with Gasteiger partial charge in [-0.25, -0.2) is 0 Å². The number of thiophene rings is 1. The van der Waals surface area contributed by atoms with Crippen molar-refractivity contribution in [2.24, 2.45) is 0 Å². The Morgan fingerprint density at radius 2 is 1.41 bits per heavy atom. The van der Waals surface area contributed by atoms with E-state index in [-0.39, 0.29) is 0 Å². The Balaban J connectivity index is 1.79. The first-order valence-corrected chi connectivity index (χ1v) is 9.97. The van der Waals surface area contributed by atoms with Crippen molar-refractivity contribution in [2.45, 2.75) is 84.0 Å². The van der Waals surface area contributed by atoms with Gasteiger partial charge in [-0.05, 0) is 18.6 Å². The highest BCUT2D eigenvalue weighted by molar-refractivity contribution is 7.17. The van der Waals surface area contributed by atoms with E-state index in [1.165, 1.54) is 88.4 Å². The molecule has 0 aliphatic rings. The van der Waals surface area contributed by atoms with Crippen LogP contribution in [0, 0.1) is 0 Å². The zero-order chi connectivity index (χ0) is 15.9. The molecule has 0 aromatic carbocycles. The SMILES string of the molecule is CCCCCCCCCCCCCCNc1ccc(C=O)s1. The molecule has 0 saturated heterocycles. The molecule has 0 unspecified atom stereocenters. The fourth-order valence-electron chi connectivity index (χ4n) is 2.69. The van der Waals surface area contributed by atoms with Crippen molar-refractivity contribution in [3.05, 3.63) is 17.0 Å². The number of rotatable bonds is 15. The summed E-state index contributed by atoms with van der Waals surface area (Å²) in [4.78, 5) is 11.4. The van der Waals surface area contributed by atoms with Crippen molar-refractivity contribution < 1.29 is 4.79 Å². The highest BCUT2D eigenvalue weighted by Crippen LogP contribution is 2.20. The number of aldehydes is 1. The lowest BCUT2D eigenvalue weighted by Gasteiger charge is -2.04. The number of carbonyl (C=O) groups excluding carboxylic acids is 1. The molecule has 0 fully saturated rings. The van der Waals surface area contributed by atoms with Gasteiger partial charge in [-0.15, -0.1) is 11.3 Å². The minimum absolute atomic E-state index is 0.803. The molecule has 0 aliphatic heterocycles. The summed E-state index contributed by atoms with van der Waals surface area (Å²) in [6.07, 6.45) is 17.6. The maximum absolute atomic E-state index is 10.6. The first kappa shape index (κ1) is 19.2. The van der Waals surface area contributed by atoms with Crippen molar-refractivity contribution in [1.29, 1.82) is 0 Å². The van der Waals surface area contributed by atoms with Crippen LogP contribution in [-0.2, 0) is 0 Å². The van der Waals surface area contributed by atoms with Crippen LogP contribution >= 0.6 is 11.3 Å². The van der Waals surface area contributed by atoms with E-state index >= 15 is 0 Å². The van der Waals surface area contributed by atoms with E-state index < -0.39 is 0 Å². The number of hydrogen-bond acceptors (Lipinski definition) is 3. The van der Waals surface area contributed by atoms with Gasteiger partial charge in [-0.2, -0.15) is 0 Å². The molecule has 2 nitrogen and oxygen atoms in total. The Morgan fingerprint density at radius 3 is 1.91 bits per heavy atom. The lowest BCUT2D eigenvalue weighted by Crippen LogP contribution is -1.99. The molecular formula is C19H33NOS. The molecule has 0 aliphatic carbocycles. The van der Waals surface area contributed by atoms with Crippen LogP contribution in [0.4, 0.5) is 5.00 Å². The van der Waals surface area contributed by atoms with Gasteiger partial charge in [0.05, 0.1) is 9.88 Å². The highest BCUT2D eigenvalue weighted by atomic mass is 32.1. The molecule has 0 amide bonds. The second-order valence-electron chi connectivity index (χ2n) is 6.14. The Labute approximate surface area is 140 Å². The number of anilines is 1. The summed E-state index contributed by atoms with van der Waals surface area (Å²) in [7, 11) is 0. The fourth-order valence-corrected chi connectivity index (χ4v) is 3.44. The summed E-state index contributed by atoms with van der Waals surface area (Å²) in [5, 5.41) is 4.51. The van der Waals surface area contributed by atoms with Crippen molar-refractivity contribution in [3.63, 3.8) is 0 Å². The van der Waals surface area contributed by atoms with E-state index in [4.69, 9.17) is 0 Å². The predicted octanol–water partition coefficient (Wildman–Crippen LogP) is 6.67. The predicted molar refractivity (Wildman–Crippen MR) is 99.3 cm³/mol. The Hall–Kier alpha value is -0.830. The van der Waals surface area contributed by atoms with Crippen molar-refractivity contribution in [1.82, 2.24) is 0 Å². The van der Waals surface area contributed by atoms with Gasteiger partial charge >= 0.3 is 0 Å². The summed E-state index contributed by atoms with van der Waals surface area (Å²) >= 11 is 1.54. The lowest BCUT2D eigenvalue weighted by atomic mass is 10.1. The molecule has 1 aromatic heterocycles. The average molecular weight is 324 g/mol. The van der Waals surface area contributed by atoms with Crippen LogP contribution in [0.3, 0.4) is 0 Å². The Morgan fingerprint density at radius 1 is 0.864 bits per heavy atom. The smallest absolute Gasteiger partial charge is 0.160 e. The quantitative estimate of drug-likeness (QED) is 0.288. The van der Waals surface area contributed by atoms with E-state index in [1.807, 2.05) is 12.1 Å². The van der Waals surface area contributed by atoms with E-state index in [0.29, 0.717) is 0 Å². The summed E-state index contributed by atoms with van der Waals surface area (Å²) in [5.74, 6) is 0. The molecule has 0 radical (unpaired) electrons. The largest absolute Gasteiger partial charge is 0.377 e. The summed E-state index contributed by atoms with van der Waals surface area (Å²) in [6, 6.07) is 3.87. The maximum atomic E-state index is 10.6. The normalized spacial score (nSPS) is 10.8. The van der Waals surface area contributed by atoms with Gasteiger partial charge in [0.15, 0.2) is 6.29 Å². The number of carbonyl (C=O) groups is 1. The van der Waals surface area contributed by atoms with E-state index in [2.05, 4.69) is 12.2 Å². The summed E-state index contributed by atoms with van der Waals surface area (Å²) in [6.45, 7) is 3.30. The van der Waals surface area contributed by atoms with Gasteiger partial charge in [-0.1, -0.05) is 77.6 Å². The third kappa shape index (κ3) is 9.99. The second kappa shape index (κ2) is 13.8. The molecule has 1 N–H and O–H groups in total. The van der Waals surface area contributed by atoms with Crippen LogP contribution < -0.4 is 5.32 Å². The molecule has 126 valence electrons. The maximum Gasteiger partial charge on any atom is 0.160 e. The number of unbranched alkanes of at least 4 members (excludes halogenated alkanes) is 11. The fraction of sp³-hybridized carbons (Fsp3) is 0.737. The molecule has 0 spiro atoms. The molecule has 1 heterocycles. The van der Waals surface area contributed by atoms with Crippen LogP contribution in [0.5, 0.6) is 0 Å². The van der Waals surface area contributed by atoms with Crippen molar-refractivity contribution in [2.75, 3.05) is 11.9 Å². The van der Waals surface area contributed by atoms with Crippen molar-refractivity contribution >= 4 is 22.6 Å². The van der Waals surface area contributed by atoms with Gasteiger partial charge in [0.25, 0.3) is 0 Å². The summed E-state index contributed by atoms with van der Waals surface area (Å²) in [5.41, 5.74) is 0. The molecule has 0 atom stereocenters. The van der Waals surface area contributed by atoms with Crippen LogP contribution in [0.25, 0.3) is 0 Å². The lowest BCUT2D eigenvalue weighted by molar-refractivity contribution is 0.112. The third-order valence-electron chi connectivity index (χ3n) is 4.07. The molecule has 22 heavy (non-hydrogen) atoms. The van der Waals surface area contributed by atoms with Crippen LogP contribution in [0.2, 0.25) is 0 Å². The third-order valence-corrected chi connectivity index (χ3v) is 5.04. The first-order valence-electron chi connectivity index (χ1n) is 9.15. The van der Waals surface area contributed by atoms with Crippen molar-refractivity contribution in [3.8, 4) is 0 Å². The minimum atomic E-state index is 0.803. The molecule has 1 aromatic rings. The second-order valence-corrected chi connectivity index (χ2v) is 7.25. The molecule has 1 rings (SSSR count). The zero-order valence-corrected chi connectivity index (χ0v) is 15.1. The summed E-state index contributed by atoms with van der Waals surface area (Å²) < 4.78 is 0. The van der Waals surface area contributed by atoms with Crippen LogP contribution in [0.1, 0.15) is 93.6 Å². The molecular weight excluding hydrogens is 290 g/mol. The standard InChI is InChI=1S/C19H33NOS/c1-2-3-4-5-6-7-8-9-10-11-12-13-16-20-19-15-14-18(17-21)22-19/h14-15,17,20H,2-13,16H2,1H3. The molecule has 0 saturated carbocycles. The Kier molecular flexibility index (Phi) is 12.1. The average Bonchev–Trinajstić information content (AvgIpc) is 3.00. The Bertz CT molecular complexity index is 375. The monoisotopic (exact) mass is 323 g/mol. The molecule has 3 heteroatoms. The topological polar surface area (TPSA) is 29.1 Å². The number of hydrogen-bond donors (Lipinski definition) is 1. The van der Waals surface area contributed by atoms with Crippen LogP contribution in [-0.4, -0.2) is 12.8 Å². The van der Waals surface area contributed by atoms with E-state index in [0.717, 1.165) is 22.7 Å². The van der Waals surface area contributed by atoms with Gasteiger partial charge < -0.3 is 5.32 Å². The minimum Gasteiger partial charge on any atom is -0.377 e. The highest BCUT2D eigenvalue weighted by Gasteiger charge is 1.98.